The largest absolute Gasteiger partial charge is 0.302 e. The monoisotopic (exact) mass is 447 g/mol. The summed E-state index contributed by atoms with van der Waals surface area (Å²) in [6, 6.07) is 5.47. The van der Waals surface area contributed by atoms with Crippen LogP contribution in [0.2, 0.25) is 10.0 Å². The molecule has 0 aliphatic carbocycles. The van der Waals surface area contributed by atoms with Crippen molar-refractivity contribution in [2.24, 2.45) is 5.92 Å². The van der Waals surface area contributed by atoms with Crippen molar-refractivity contribution in [3.05, 3.63) is 44.9 Å². The van der Waals surface area contributed by atoms with Crippen molar-refractivity contribution < 1.29 is 13.2 Å². The van der Waals surface area contributed by atoms with Crippen LogP contribution < -0.4 is 5.32 Å². The molecule has 1 atom stereocenters. The number of benzene rings is 1. The highest BCUT2D eigenvalue weighted by atomic mass is 35.5. The quantitative estimate of drug-likeness (QED) is 0.758. The molecule has 0 bridgehead atoms. The Hall–Kier alpha value is -1.19. The average Bonchev–Trinajstić information content (AvgIpc) is 3.05. The number of nitrogens with one attached hydrogen (secondary N) is 1. The molecular formula is C17H19Cl2N3O3S2. The number of sulfonamides is 1. The molecule has 146 valence electrons. The predicted octanol–water partition coefficient (Wildman–Crippen LogP) is 3.65. The van der Waals surface area contributed by atoms with Crippen molar-refractivity contribution in [2.75, 3.05) is 24.7 Å². The standard InChI is InChI=1S/C17H19Cl2N3O3S2/c1-27(24,25)22-7-3-5-12(10-22)16(23)21-17-20-9-13(26-17)8-11-4-2-6-14(18)15(11)19/h2,4,6,9,12H,3,5,7-8,10H2,1H3,(H,20,21,23). The van der Waals surface area contributed by atoms with Gasteiger partial charge < -0.3 is 5.32 Å². The molecule has 1 unspecified atom stereocenters. The number of piperidine rings is 1. The van der Waals surface area contributed by atoms with E-state index >= 15 is 0 Å². The molecule has 2 aromatic rings. The van der Waals surface area contributed by atoms with Gasteiger partial charge in [-0.3, -0.25) is 4.79 Å². The maximum absolute atomic E-state index is 12.5. The lowest BCUT2D eigenvalue weighted by Crippen LogP contribution is -2.43. The molecule has 1 N–H and O–H groups in total. The van der Waals surface area contributed by atoms with Crippen LogP contribution in [-0.4, -0.2) is 43.0 Å². The van der Waals surface area contributed by atoms with E-state index in [0.29, 0.717) is 41.0 Å². The topological polar surface area (TPSA) is 79.4 Å². The normalized spacial score (nSPS) is 18.4. The fourth-order valence-corrected chi connectivity index (χ4v) is 5.12. The van der Waals surface area contributed by atoms with Crippen LogP contribution in [0.1, 0.15) is 23.3 Å². The summed E-state index contributed by atoms with van der Waals surface area (Å²) in [6.07, 6.45) is 4.76. The van der Waals surface area contributed by atoms with E-state index in [0.717, 1.165) is 10.4 Å². The van der Waals surface area contributed by atoms with Crippen molar-refractivity contribution in [3.63, 3.8) is 0 Å². The highest BCUT2D eigenvalue weighted by Gasteiger charge is 2.30. The summed E-state index contributed by atoms with van der Waals surface area (Å²) in [5.41, 5.74) is 0.891. The smallest absolute Gasteiger partial charge is 0.230 e. The molecular weight excluding hydrogens is 429 g/mol. The molecule has 6 nitrogen and oxygen atoms in total. The summed E-state index contributed by atoms with van der Waals surface area (Å²) in [6.45, 7) is 0.672. The van der Waals surface area contributed by atoms with Crippen LogP contribution in [-0.2, 0) is 21.2 Å². The Morgan fingerprint density at radius 1 is 1.41 bits per heavy atom. The lowest BCUT2D eigenvalue weighted by Gasteiger charge is -2.29. The second-order valence-electron chi connectivity index (χ2n) is 6.47. The minimum atomic E-state index is -3.29. The Morgan fingerprint density at radius 3 is 2.93 bits per heavy atom. The second-order valence-corrected chi connectivity index (χ2v) is 10.4. The van der Waals surface area contributed by atoms with E-state index in [4.69, 9.17) is 23.2 Å². The molecule has 3 rings (SSSR count). The van der Waals surface area contributed by atoms with E-state index < -0.39 is 10.0 Å². The first-order chi connectivity index (χ1) is 12.7. The third-order valence-corrected chi connectivity index (χ3v) is 7.44. The van der Waals surface area contributed by atoms with Crippen molar-refractivity contribution in [3.8, 4) is 0 Å². The summed E-state index contributed by atoms with van der Waals surface area (Å²) in [7, 11) is -3.29. The fourth-order valence-electron chi connectivity index (χ4n) is 2.98. The molecule has 1 fully saturated rings. The average molecular weight is 448 g/mol. The number of carbonyl (C=O) groups is 1. The van der Waals surface area contributed by atoms with Gasteiger partial charge in [-0.25, -0.2) is 17.7 Å². The number of rotatable bonds is 5. The van der Waals surface area contributed by atoms with E-state index in [1.165, 1.54) is 21.9 Å². The minimum absolute atomic E-state index is 0.204. The molecule has 1 aliphatic rings. The van der Waals surface area contributed by atoms with Gasteiger partial charge in [-0.2, -0.15) is 0 Å². The highest BCUT2D eigenvalue weighted by molar-refractivity contribution is 7.88. The SMILES string of the molecule is CS(=O)(=O)N1CCCC(C(=O)Nc2ncc(Cc3cccc(Cl)c3Cl)s2)C1. The van der Waals surface area contributed by atoms with Gasteiger partial charge in [-0.1, -0.05) is 35.3 Å². The second kappa shape index (κ2) is 8.45. The first-order valence-corrected chi connectivity index (χ1v) is 11.8. The molecule has 0 spiro atoms. The third kappa shape index (κ3) is 5.20. The van der Waals surface area contributed by atoms with E-state index in [1.54, 1.807) is 12.3 Å². The molecule has 0 radical (unpaired) electrons. The number of nitrogens with zero attached hydrogens (tertiary/aromatic N) is 2. The summed E-state index contributed by atoms with van der Waals surface area (Å²) in [5, 5.41) is 4.31. The van der Waals surface area contributed by atoms with Crippen molar-refractivity contribution in [1.29, 1.82) is 0 Å². The van der Waals surface area contributed by atoms with Gasteiger partial charge in [0.05, 0.1) is 22.2 Å². The van der Waals surface area contributed by atoms with Crippen LogP contribution >= 0.6 is 34.5 Å². The number of anilines is 1. The van der Waals surface area contributed by atoms with Crippen LogP contribution in [0.25, 0.3) is 0 Å². The Bertz CT molecular complexity index is 947. The number of thiazole rings is 1. The first-order valence-electron chi connectivity index (χ1n) is 8.37. The summed E-state index contributed by atoms with van der Waals surface area (Å²) >= 11 is 13.6. The van der Waals surface area contributed by atoms with E-state index in [9.17, 15) is 13.2 Å². The van der Waals surface area contributed by atoms with Crippen LogP contribution in [0.3, 0.4) is 0 Å². The van der Waals surface area contributed by atoms with Crippen molar-refractivity contribution >= 4 is 55.6 Å². The molecule has 27 heavy (non-hydrogen) atoms. The number of carbonyl (C=O) groups excluding carboxylic acids is 1. The fraction of sp³-hybridized carbons (Fsp3) is 0.412. The zero-order valence-corrected chi connectivity index (χ0v) is 17.8. The van der Waals surface area contributed by atoms with Gasteiger partial charge in [0.1, 0.15) is 0 Å². The van der Waals surface area contributed by atoms with Gasteiger partial charge in [0.15, 0.2) is 5.13 Å². The molecule has 0 saturated carbocycles. The molecule has 2 heterocycles. The van der Waals surface area contributed by atoms with Crippen LogP contribution in [0, 0.1) is 5.92 Å². The lowest BCUT2D eigenvalue weighted by atomic mass is 9.99. The van der Waals surface area contributed by atoms with Crippen LogP contribution in [0.15, 0.2) is 24.4 Å². The number of aromatic nitrogens is 1. The van der Waals surface area contributed by atoms with E-state index in [1.807, 2.05) is 12.1 Å². The Balaban J connectivity index is 1.63. The third-order valence-electron chi connectivity index (χ3n) is 4.40. The maximum Gasteiger partial charge on any atom is 0.230 e. The van der Waals surface area contributed by atoms with Gasteiger partial charge in [0.25, 0.3) is 0 Å². The molecule has 1 saturated heterocycles. The first kappa shape index (κ1) is 20.5. The zero-order valence-electron chi connectivity index (χ0n) is 14.6. The van der Waals surface area contributed by atoms with Crippen molar-refractivity contribution in [1.82, 2.24) is 9.29 Å². The Morgan fingerprint density at radius 2 is 2.19 bits per heavy atom. The number of hydrogen-bond acceptors (Lipinski definition) is 5. The summed E-state index contributed by atoms with van der Waals surface area (Å²) in [4.78, 5) is 17.7. The number of amides is 1. The lowest BCUT2D eigenvalue weighted by molar-refractivity contribution is -0.120. The number of hydrogen-bond donors (Lipinski definition) is 1. The van der Waals surface area contributed by atoms with Gasteiger partial charge in [-0.05, 0) is 24.5 Å². The predicted molar refractivity (Wildman–Crippen MR) is 109 cm³/mol. The maximum atomic E-state index is 12.5. The van der Waals surface area contributed by atoms with Gasteiger partial charge in [0, 0.05) is 30.6 Å². The van der Waals surface area contributed by atoms with Gasteiger partial charge in [-0.15, -0.1) is 11.3 Å². The Kier molecular flexibility index (Phi) is 6.43. The summed E-state index contributed by atoms with van der Waals surface area (Å²) in [5.74, 6) is -0.576. The number of halogens is 2. The van der Waals surface area contributed by atoms with Crippen LogP contribution in [0.4, 0.5) is 5.13 Å². The Labute approximate surface area is 172 Å². The van der Waals surface area contributed by atoms with Crippen LogP contribution in [0.5, 0.6) is 0 Å². The zero-order chi connectivity index (χ0) is 19.6. The molecule has 1 aliphatic heterocycles. The van der Waals surface area contributed by atoms with E-state index in [2.05, 4.69) is 10.3 Å². The molecule has 1 aromatic carbocycles. The van der Waals surface area contributed by atoms with Crippen molar-refractivity contribution in [2.45, 2.75) is 19.3 Å². The van der Waals surface area contributed by atoms with E-state index in [-0.39, 0.29) is 18.4 Å². The van der Waals surface area contributed by atoms with Gasteiger partial charge >= 0.3 is 0 Å². The molecule has 1 aromatic heterocycles. The molecule has 10 heteroatoms. The molecule has 1 amide bonds. The highest BCUT2D eigenvalue weighted by Crippen LogP contribution is 2.30. The van der Waals surface area contributed by atoms with Gasteiger partial charge in [0.2, 0.25) is 15.9 Å². The summed E-state index contributed by atoms with van der Waals surface area (Å²) < 4.78 is 24.8. The minimum Gasteiger partial charge on any atom is -0.302 e.